The molecular weight excluding hydrogens is 210 g/mol. The van der Waals surface area contributed by atoms with Crippen LogP contribution in [-0.2, 0) is 4.79 Å². The highest BCUT2D eigenvalue weighted by molar-refractivity contribution is 7.99. The Morgan fingerprint density at radius 1 is 1.40 bits per heavy atom. The Morgan fingerprint density at radius 2 is 2.00 bits per heavy atom. The van der Waals surface area contributed by atoms with Gasteiger partial charge in [0.2, 0.25) is 0 Å². The number of thioether (sulfide) groups is 1. The summed E-state index contributed by atoms with van der Waals surface area (Å²) in [6, 6.07) is 0. The molecule has 0 aromatic heterocycles. The Morgan fingerprint density at radius 3 is 2.40 bits per heavy atom. The van der Waals surface area contributed by atoms with E-state index in [2.05, 4.69) is 6.92 Å². The lowest BCUT2D eigenvalue weighted by molar-refractivity contribution is -0.149. The standard InChI is InChI=1S/C11H23NO2S/c1-5-12(8-7-9-15-6-2)11(3,4)10(13)14/h5-9H2,1-4H3,(H,13,14). The summed E-state index contributed by atoms with van der Waals surface area (Å²) >= 11 is 1.91. The number of hydrogen-bond donors (Lipinski definition) is 1. The van der Waals surface area contributed by atoms with Crippen LogP contribution in [0.1, 0.15) is 34.1 Å². The van der Waals surface area contributed by atoms with Crippen LogP contribution in [0.3, 0.4) is 0 Å². The van der Waals surface area contributed by atoms with Gasteiger partial charge in [-0.1, -0.05) is 13.8 Å². The van der Waals surface area contributed by atoms with E-state index in [1.165, 1.54) is 0 Å². The first-order valence-corrected chi connectivity index (χ1v) is 6.68. The SMILES string of the molecule is CCSCCCN(CC)C(C)(C)C(=O)O. The molecule has 0 spiro atoms. The minimum absolute atomic E-state index is 0.743. The largest absolute Gasteiger partial charge is 0.480 e. The molecule has 0 amide bonds. The maximum absolute atomic E-state index is 11.1. The molecule has 0 unspecified atom stereocenters. The zero-order chi connectivity index (χ0) is 11.9. The summed E-state index contributed by atoms with van der Waals surface area (Å²) in [5, 5.41) is 9.10. The Labute approximate surface area is 97.2 Å². The number of nitrogens with zero attached hydrogens (tertiary/aromatic N) is 1. The van der Waals surface area contributed by atoms with Gasteiger partial charge in [0, 0.05) is 0 Å². The third kappa shape index (κ3) is 4.89. The number of carboxylic acids is 1. The van der Waals surface area contributed by atoms with Gasteiger partial charge in [0.05, 0.1) is 0 Å². The maximum atomic E-state index is 11.1. The second kappa shape index (κ2) is 7.12. The summed E-state index contributed by atoms with van der Waals surface area (Å²) in [7, 11) is 0. The molecule has 0 radical (unpaired) electrons. The van der Waals surface area contributed by atoms with Crippen LogP contribution in [0, 0.1) is 0 Å². The van der Waals surface area contributed by atoms with Gasteiger partial charge in [-0.3, -0.25) is 9.69 Å². The van der Waals surface area contributed by atoms with E-state index in [0.29, 0.717) is 0 Å². The van der Waals surface area contributed by atoms with Gasteiger partial charge in [-0.15, -0.1) is 0 Å². The summed E-state index contributed by atoms with van der Waals surface area (Å²) in [5.41, 5.74) is -0.744. The topological polar surface area (TPSA) is 40.5 Å². The Balaban J connectivity index is 4.07. The molecule has 0 aromatic carbocycles. The fraction of sp³-hybridized carbons (Fsp3) is 0.909. The minimum Gasteiger partial charge on any atom is -0.480 e. The quantitative estimate of drug-likeness (QED) is 0.653. The van der Waals surface area contributed by atoms with Gasteiger partial charge < -0.3 is 5.11 Å². The van der Waals surface area contributed by atoms with Crippen LogP contribution in [0.25, 0.3) is 0 Å². The molecule has 0 heterocycles. The van der Waals surface area contributed by atoms with Gasteiger partial charge in [-0.25, -0.2) is 0 Å². The molecule has 0 aromatic rings. The average Bonchev–Trinajstić information content (AvgIpc) is 2.17. The van der Waals surface area contributed by atoms with Crippen molar-refractivity contribution in [2.45, 2.75) is 39.7 Å². The highest BCUT2D eigenvalue weighted by Crippen LogP contribution is 2.15. The molecule has 1 N–H and O–H groups in total. The third-order valence-corrected chi connectivity index (χ3v) is 3.60. The van der Waals surface area contributed by atoms with Crippen LogP contribution in [0.15, 0.2) is 0 Å². The molecule has 3 nitrogen and oxygen atoms in total. The fourth-order valence-corrected chi connectivity index (χ4v) is 2.09. The van der Waals surface area contributed by atoms with E-state index < -0.39 is 11.5 Å². The molecule has 0 fully saturated rings. The number of hydrogen-bond acceptors (Lipinski definition) is 3. The second-order valence-corrected chi connectivity index (χ2v) is 5.39. The molecule has 0 aliphatic heterocycles. The van der Waals surface area contributed by atoms with E-state index in [1.54, 1.807) is 13.8 Å². The van der Waals surface area contributed by atoms with E-state index >= 15 is 0 Å². The molecule has 0 aliphatic rings. The number of carboxylic acid groups (broad SMARTS) is 1. The number of aliphatic carboxylic acids is 1. The number of carbonyl (C=O) groups is 1. The molecule has 15 heavy (non-hydrogen) atoms. The van der Waals surface area contributed by atoms with E-state index in [4.69, 9.17) is 5.11 Å². The predicted molar refractivity (Wildman–Crippen MR) is 66.6 cm³/mol. The molecule has 0 aliphatic carbocycles. The third-order valence-electron chi connectivity index (χ3n) is 2.62. The lowest BCUT2D eigenvalue weighted by atomic mass is 10.0. The first-order chi connectivity index (χ1) is 6.96. The Kier molecular flexibility index (Phi) is 7.02. The maximum Gasteiger partial charge on any atom is 0.323 e. The van der Waals surface area contributed by atoms with Gasteiger partial charge in [0.15, 0.2) is 0 Å². The summed E-state index contributed by atoms with van der Waals surface area (Å²) in [6.45, 7) is 9.34. The van der Waals surface area contributed by atoms with Crippen LogP contribution in [-0.4, -0.2) is 46.1 Å². The monoisotopic (exact) mass is 233 g/mol. The van der Waals surface area contributed by atoms with Crippen molar-refractivity contribution in [1.29, 1.82) is 0 Å². The molecule has 0 bridgehead atoms. The van der Waals surface area contributed by atoms with Crippen LogP contribution in [0.5, 0.6) is 0 Å². The number of rotatable bonds is 8. The normalized spacial score (nSPS) is 12.1. The van der Waals surface area contributed by atoms with Crippen molar-refractivity contribution in [1.82, 2.24) is 4.90 Å². The predicted octanol–water partition coefficient (Wildman–Crippen LogP) is 2.31. The zero-order valence-corrected chi connectivity index (χ0v) is 11.1. The van der Waals surface area contributed by atoms with Crippen LogP contribution < -0.4 is 0 Å². The highest BCUT2D eigenvalue weighted by atomic mass is 32.2. The summed E-state index contributed by atoms with van der Waals surface area (Å²) < 4.78 is 0. The van der Waals surface area contributed by atoms with Gasteiger partial charge in [0.1, 0.15) is 5.54 Å². The lowest BCUT2D eigenvalue weighted by Crippen LogP contribution is -2.50. The van der Waals surface area contributed by atoms with E-state index in [0.717, 1.165) is 31.0 Å². The summed E-state index contributed by atoms with van der Waals surface area (Å²) in [6.07, 6.45) is 1.06. The van der Waals surface area contributed by atoms with Crippen LogP contribution in [0.2, 0.25) is 0 Å². The molecule has 0 saturated carbocycles. The number of likely N-dealkylation sites (N-methyl/N-ethyl adjacent to an activating group) is 1. The van der Waals surface area contributed by atoms with Gasteiger partial charge in [0.25, 0.3) is 0 Å². The van der Waals surface area contributed by atoms with Crippen molar-refractivity contribution in [3.63, 3.8) is 0 Å². The van der Waals surface area contributed by atoms with Gasteiger partial charge in [-0.2, -0.15) is 11.8 Å². The molecule has 0 rings (SSSR count). The molecule has 0 atom stereocenters. The first-order valence-electron chi connectivity index (χ1n) is 5.53. The van der Waals surface area contributed by atoms with Gasteiger partial charge in [-0.05, 0) is 44.9 Å². The van der Waals surface area contributed by atoms with Crippen molar-refractivity contribution in [3.05, 3.63) is 0 Å². The molecule has 0 saturated heterocycles. The van der Waals surface area contributed by atoms with Crippen molar-refractivity contribution < 1.29 is 9.90 Å². The van der Waals surface area contributed by atoms with Gasteiger partial charge >= 0.3 is 5.97 Å². The summed E-state index contributed by atoms with van der Waals surface area (Å²) in [5.74, 6) is 1.50. The van der Waals surface area contributed by atoms with E-state index in [9.17, 15) is 4.79 Å². The molecule has 4 heteroatoms. The highest BCUT2D eigenvalue weighted by Gasteiger charge is 2.32. The van der Waals surface area contributed by atoms with Crippen LogP contribution in [0.4, 0.5) is 0 Å². The average molecular weight is 233 g/mol. The first kappa shape index (κ1) is 14.8. The Bertz CT molecular complexity index is 195. The molecule has 90 valence electrons. The fourth-order valence-electron chi connectivity index (χ4n) is 1.47. The van der Waals surface area contributed by atoms with E-state index in [1.807, 2.05) is 23.6 Å². The second-order valence-electron chi connectivity index (χ2n) is 3.99. The van der Waals surface area contributed by atoms with Crippen molar-refractivity contribution in [3.8, 4) is 0 Å². The van der Waals surface area contributed by atoms with E-state index in [-0.39, 0.29) is 0 Å². The lowest BCUT2D eigenvalue weighted by Gasteiger charge is -2.34. The smallest absolute Gasteiger partial charge is 0.323 e. The van der Waals surface area contributed by atoms with Crippen molar-refractivity contribution in [2.75, 3.05) is 24.6 Å². The minimum atomic E-state index is -0.744. The van der Waals surface area contributed by atoms with Crippen molar-refractivity contribution >= 4 is 17.7 Å². The van der Waals surface area contributed by atoms with Crippen LogP contribution >= 0.6 is 11.8 Å². The van der Waals surface area contributed by atoms with Crippen molar-refractivity contribution in [2.24, 2.45) is 0 Å². The summed E-state index contributed by atoms with van der Waals surface area (Å²) in [4.78, 5) is 13.1. The zero-order valence-electron chi connectivity index (χ0n) is 10.2. The Hall–Kier alpha value is -0.220. The molecular formula is C11H23NO2S.